The summed E-state index contributed by atoms with van der Waals surface area (Å²) < 4.78 is 4.75. The molecule has 0 radical (unpaired) electrons. The summed E-state index contributed by atoms with van der Waals surface area (Å²) in [7, 11) is 0. The van der Waals surface area contributed by atoms with Crippen molar-refractivity contribution in [3.8, 4) is 55.9 Å². The van der Waals surface area contributed by atoms with Crippen LogP contribution in [0.25, 0.3) is 99.5 Å². The van der Waals surface area contributed by atoms with Gasteiger partial charge in [-0.25, -0.2) is 0 Å². The molecule has 0 aliphatic rings. The maximum Gasteiger partial charge on any atom is 0.0541 e. The molecule has 2 heteroatoms. The van der Waals surface area contributed by atoms with Crippen molar-refractivity contribution in [1.82, 2.24) is 9.13 Å². The Balaban J connectivity index is 1.01. The average molecular weight is 713 g/mol. The van der Waals surface area contributed by atoms with Crippen LogP contribution in [-0.4, -0.2) is 9.13 Å². The van der Waals surface area contributed by atoms with Gasteiger partial charge in [0.1, 0.15) is 0 Å². The predicted octanol–water partition coefficient (Wildman–Crippen LogP) is 14.5. The van der Waals surface area contributed by atoms with E-state index in [1.54, 1.807) is 0 Å². The molecule has 2 nitrogen and oxygen atoms in total. The highest BCUT2D eigenvalue weighted by Gasteiger charge is 2.15. The van der Waals surface area contributed by atoms with Crippen LogP contribution in [-0.2, 0) is 0 Å². The fourth-order valence-electron chi connectivity index (χ4n) is 8.68. The van der Waals surface area contributed by atoms with E-state index in [1.807, 2.05) is 0 Å². The monoisotopic (exact) mass is 712 g/mol. The molecular weight excluding hydrogens is 677 g/mol. The van der Waals surface area contributed by atoms with Crippen LogP contribution in [0.1, 0.15) is 0 Å². The molecule has 0 fully saturated rings. The summed E-state index contributed by atoms with van der Waals surface area (Å²) in [5, 5.41) is 5.08. The van der Waals surface area contributed by atoms with Crippen molar-refractivity contribution < 1.29 is 0 Å². The first kappa shape index (κ1) is 32.0. The number of fused-ring (bicyclic) bond motifs is 6. The summed E-state index contributed by atoms with van der Waals surface area (Å²) in [6, 6.07) is 79.4. The third kappa shape index (κ3) is 5.26. The molecule has 11 aromatic rings. The third-order valence-corrected chi connectivity index (χ3v) is 11.4. The third-order valence-electron chi connectivity index (χ3n) is 11.4. The van der Waals surface area contributed by atoms with Crippen molar-refractivity contribution in [2.45, 2.75) is 0 Å². The van der Waals surface area contributed by atoms with E-state index in [2.05, 4.69) is 228 Å². The molecule has 0 amide bonds. The molecule has 0 aliphatic heterocycles. The van der Waals surface area contributed by atoms with E-state index in [1.165, 1.54) is 88.1 Å². The average Bonchev–Trinajstić information content (AvgIpc) is 3.80. The maximum atomic E-state index is 2.38. The van der Waals surface area contributed by atoms with Crippen LogP contribution in [0.4, 0.5) is 0 Å². The molecule has 0 bridgehead atoms. The fourth-order valence-corrected chi connectivity index (χ4v) is 8.68. The molecule has 0 saturated heterocycles. The number of hydrogen-bond acceptors (Lipinski definition) is 0. The van der Waals surface area contributed by atoms with Crippen molar-refractivity contribution >= 4 is 43.6 Å². The zero-order valence-corrected chi connectivity index (χ0v) is 30.7. The molecule has 56 heavy (non-hydrogen) atoms. The number of aromatic nitrogens is 2. The summed E-state index contributed by atoms with van der Waals surface area (Å²) in [6.45, 7) is 0. The number of para-hydroxylation sites is 4. The lowest BCUT2D eigenvalue weighted by Gasteiger charge is -2.15. The Kier molecular flexibility index (Phi) is 7.53. The Hall–Kier alpha value is -7.42. The van der Waals surface area contributed by atoms with Gasteiger partial charge in [-0.1, -0.05) is 164 Å². The topological polar surface area (TPSA) is 9.86 Å². The van der Waals surface area contributed by atoms with Gasteiger partial charge in [0.15, 0.2) is 0 Å². The first-order chi connectivity index (χ1) is 27.8. The minimum atomic E-state index is 1.15. The second-order valence-corrected chi connectivity index (χ2v) is 14.5. The molecule has 9 aromatic carbocycles. The van der Waals surface area contributed by atoms with Gasteiger partial charge >= 0.3 is 0 Å². The van der Waals surface area contributed by atoms with Crippen LogP contribution in [0.5, 0.6) is 0 Å². The number of nitrogens with zero attached hydrogens (tertiary/aromatic N) is 2. The van der Waals surface area contributed by atoms with Crippen molar-refractivity contribution in [2.75, 3.05) is 0 Å². The quantitative estimate of drug-likeness (QED) is 0.162. The number of rotatable bonds is 6. The highest BCUT2D eigenvalue weighted by Crippen LogP contribution is 2.39. The fraction of sp³-hybridized carbons (Fsp3) is 0. The van der Waals surface area contributed by atoms with Crippen LogP contribution in [0, 0.1) is 0 Å². The lowest BCUT2D eigenvalue weighted by Crippen LogP contribution is -1.94. The zero-order valence-electron chi connectivity index (χ0n) is 30.7. The first-order valence-corrected chi connectivity index (χ1v) is 19.3. The normalized spacial score (nSPS) is 11.6. The maximum absolute atomic E-state index is 2.38. The van der Waals surface area contributed by atoms with E-state index in [0.29, 0.717) is 0 Å². The Morgan fingerprint density at radius 1 is 0.214 bits per heavy atom. The zero-order chi connectivity index (χ0) is 37.0. The summed E-state index contributed by atoms with van der Waals surface area (Å²) in [6.07, 6.45) is 0. The molecule has 11 rings (SSSR count). The van der Waals surface area contributed by atoms with Crippen molar-refractivity contribution in [3.05, 3.63) is 218 Å². The predicted molar refractivity (Wildman–Crippen MR) is 237 cm³/mol. The van der Waals surface area contributed by atoms with Crippen molar-refractivity contribution in [2.24, 2.45) is 0 Å². The molecular formula is C54H36N2. The summed E-state index contributed by atoms with van der Waals surface area (Å²) in [5.74, 6) is 0. The van der Waals surface area contributed by atoms with Gasteiger partial charge in [0.25, 0.3) is 0 Å². The van der Waals surface area contributed by atoms with Gasteiger partial charge in [-0.05, 0) is 99.1 Å². The van der Waals surface area contributed by atoms with Gasteiger partial charge < -0.3 is 9.13 Å². The summed E-state index contributed by atoms with van der Waals surface area (Å²) in [5.41, 5.74) is 16.8. The number of benzene rings is 9. The molecule has 0 N–H and O–H groups in total. The van der Waals surface area contributed by atoms with Gasteiger partial charge in [0, 0.05) is 32.9 Å². The van der Waals surface area contributed by atoms with E-state index in [0.717, 1.165) is 11.4 Å². The van der Waals surface area contributed by atoms with E-state index in [9.17, 15) is 0 Å². The highest BCUT2D eigenvalue weighted by atomic mass is 15.0. The molecule has 0 saturated carbocycles. The standard InChI is InChI=1S/C54H36N2/c1-2-12-37(13-3-1)38-22-24-41(25-23-38)50-36-42(39-26-31-43(32-27-39)55-51-18-8-4-14-46(51)47-15-5-9-19-52(47)55)30-35-45(50)40-28-33-44(34-29-40)56-53-20-10-6-16-48(53)49-17-7-11-21-54(49)56/h1-36H. The Morgan fingerprint density at radius 3 is 1.02 bits per heavy atom. The molecule has 0 aliphatic carbocycles. The van der Waals surface area contributed by atoms with Gasteiger partial charge in [-0.15, -0.1) is 0 Å². The van der Waals surface area contributed by atoms with Gasteiger partial charge in [-0.2, -0.15) is 0 Å². The highest BCUT2D eigenvalue weighted by molar-refractivity contribution is 6.10. The molecule has 0 unspecified atom stereocenters. The number of hydrogen-bond donors (Lipinski definition) is 0. The Labute approximate surface area is 325 Å². The van der Waals surface area contributed by atoms with Gasteiger partial charge in [-0.3, -0.25) is 0 Å². The SMILES string of the molecule is c1ccc(-c2ccc(-c3cc(-c4ccc(-n5c6ccccc6c6ccccc65)cc4)ccc3-c3ccc(-n4c5ccccc5c5ccccc54)cc3)cc2)cc1. The Bertz CT molecular complexity index is 3090. The lowest BCUT2D eigenvalue weighted by molar-refractivity contribution is 1.18. The van der Waals surface area contributed by atoms with Crippen molar-refractivity contribution in [1.29, 1.82) is 0 Å². The second-order valence-electron chi connectivity index (χ2n) is 14.5. The lowest BCUT2D eigenvalue weighted by atomic mass is 9.90. The molecule has 0 atom stereocenters. The van der Waals surface area contributed by atoms with Gasteiger partial charge in [0.05, 0.1) is 22.1 Å². The minimum absolute atomic E-state index is 1.15. The molecule has 2 heterocycles. The second kappa shape index (κ2) is 13.2. The van der Waals surface area contributed by atoms with Crippen LogP contribution in [0.3, 0.4) is 0 Å². The molecule has 2 aromatic heterocycles. The van der Waals surface area contributed by atoms with E-state index >= 15 is 0 Å². The van der Waals surface area contributed by atoms with E-state index in [4.69, 9.17) is 0 Å². The summed E-state index contributed by atoms with van der Waals surface area (Å²) >= 11 is 0. The van der Waals surface area contributed by atoms with Gasteiger partial charge in [0.2, 0.25) is 0 Å². The van der Waals surface area contributed by atoms with Crippen LogP contribution in [0.15, 0.2) is 218 Å². The Morgan fingerprint density at radius 2 is 0.536 bits per heavy atom. The largest absolute Gasteiger partial charge is 0.309 e. The van der Waals surface area contributed by atoms with E-state index in [-0.39, 0.29) is 0 Å². The molecule has 0 spiro atoms. The van der Waals surface area contributed by atoms with E-state index < -0.39 is 0 Å². The van der Waals surface area contributed by atoms with Crippen LogP contribution < -0.4 is 0 Å². The smallest absolute Gasteiger partial charge is 0.0541 e. The van der Waals surface area contributed by atoms with Crippen molar-refractivity contribution in [3.63, 3.8) is 0 Å². The minimum Gasteiger partial charge on any atom is -0.309 e. The first-order valence-electron chi connectivity index (χ1n) is 19.3. The molecule has 262 valence electrons. The van der Waals surface area contributed by atoms with Crippen LogP contribution >= 0.6 is 0 Å². The summed E-state index contributed by atoms with van der Waals surface area (Å²) in [4.78, 5) is 0. The van der Waals surface area contributed by atoms with Crippen LogP contribution in [0.2, 0.25) is 0 Å².